The Kier molecular flexibility index (Phi) is 5.15. The molecule has 1 rings (SSSR count). The number of benzene rings is 1. The first-order valence-electron chi connectivity index (χ1n) is 5.84. The van der Waals surface area contributed by atoms with Crippen LogP contribution < -0.4 is 0 Å². The predicted octanol–water partition coefficient (Wildman–Crippen LogP) is 3.98. The zero-order valence-corrected chi connectivity index (χ0v) is 10.8. The van der Waals surface area contributed by atoms with Crippen LogP contribution in [-0.2, 0) is 15.7 Å². The molecule has 104 valence electrons. The number of carbonyl (C=O) groups excluding carboxylic acids is 1. The minimum Gasteiger partial charge on any atom is -0.466 e. The van der Waals surface area contributed by atoms with E-state index in [9.17, 15) is 18.0 Å². The summed E-state index contributed by atoms with van der Waals surface area (Å²) in [4.78, 5) is 11.1. The fourth-order valence-electron chi connectivity index (χ4n) is 1.58. The van der Waals surface area contributed by atoms with Crippen molar-refractivity contribution in [1.82, 2.24) is 0 Å². The molecule has 0 spiro atoms. The Bertz CT molecular complexity index is 476. The molecular formula is C14H15F3O2. The molecule has 0 aliphatic heterocycles. The highest BCUT2D eigenvalue weighted by Gasteiger charge is 2.30. The van der Waals surface area contributed by atoms with Crippen LogP contribution in [-0.4, -0.2) is 12.6 Å². The fraction of sp³-hybridized carbons (Fsp3) is 0.357. The zero-order chi connectivity index (χ0) is 14.5. The molecule has 5 heteroatoms. The van der Waals surface area contributed by atoms with Gasteiger partial charge in [0.15, 0.2) is 0 Å². The number of hydrogen-bond acceptors (Lipinski definition) is 2. The van der Waals surface area contributed by atoms with Crippen molar-refractivity contribution in [3.63, 3.8) is 0 Å². The molecular weight excluding hydrogens is 257 g/mol. The van der Waals surface area contributed by atoms with Gasteiger partial charge in [-0.2, -0.15) is 13.2 Å². The zero-order valence-electron chi connectivity index (χ0n) is 10.8. The van der Waals surface area contributed by atoms with E-state index in [2.05, 4.69) is 0 Å². The lowest BCUT2D eigenvalue weighted by molar-refractivity contribution is -0.142. The van der Waals surface area contributed by atoms with E-state index < -0.39 is 17.7 Å². The number of carbonyl (C=O) groups is 1. The lowest BCUT2D eigenvalue weighted by atomic mass is 10.1. The summed E-state index contributed by atoms with van der Waals surface area (Å²) in [5, 5.41) is 0. The second kappa shape index (κ2) is 6.41. The Hall–Kier alpha value is -1.78. The van der Waals surface area contributed by atoms with Crippen LogP contribution in [0, 0.1) is 6.92 Å². The second-order valence-electron chi connectivity index (χ2n) is 4.04. The topological polar surface area (TPSA) is 26.3 Å². The number of aryl methyl sites for hydroxylation is 1. The largest absolute Gasteiger partial charge is 0.466 e. The van der Waals surface area contributed by atoms with Crippen molar-refractivity contribution in [3.05, 3.63) is 41.0 Å². The van der Waals surface area contributed by atoms with Crippen molar-refractivity contribution in [2.45, 2.75) is 26.4 Å². The van der Waals surface area contributed by atoms with Crippen LogP contribution in [0.1, 0.15) is 30.0 Å². The lowest BCUT2D eigenvalue weighted by Gasteiger charge is -2.08. The molecule has 0 aromatic heterocycles. The smallest absolute Gasteiger partial charge is 0.416 e. The van der Waals surface area contributed by atoms with Crippen molar-refractivity contribution < 1.29 is 22.7 Å². The monoisotopic (exact) mass is 272 g/mol. The van der Waals surface area contributed by atoms with E-state index in [4.69, 9.17) is 4.74 Å². The van der Waals surface area contributed by atoms with Crippen molar-refractivity contribution in [1.29, 1.82) is 0 Å². The Labute approximate surface area is 109 Å². The van der Waals surface area contributed by atoms with E-state index in [0.29, 0.717) is 11.1 Å². The van der Waals surface area contributed by atoms with Crippen LogP contribution in [0.5, 0.6) is 0 Å². The Balaban J connectivity index is 2.82. The Morgan fingerprint density at radius 2 is 2.00 bits per heavy atom. The summed E-state index contributed by atoms with van der Waals surface area (Å²) in [5.74, 6) is -0.401. The van der Waals surface area contributed by atoms with Gasteiger partial charge in [0.1, 0.15) is 0 Å². The Morgan fingerprint density at radius 1 is 1.32 bits per heavy atom. The van der Waals surface area contributed by atoms with Crippen molar-refractivity contribution in [3.8, 4) is 0 Å². The van der Waals surface area contributed by atoms with Crippen LogP contribution in [0.3, 0.4) is 0 Å². The van der Waals surface area contributed by atoms with Gasteiger partial charge >= 0.3 is 12.1 Å². The average Bonchev–Trinajstić information content (AvgIpc) is 2.27. The van der Waals surface area contributed by atoms with Gasteiger partial charge in [-0.25, -0.2) is 0 Å². The maximum atomic E-state index is 12.6. The molecule has 0 saturated carbocycles. The molecule has 0 radical (unpaired) electrons. The number of ether oxygens (including phenoxy) is 1. The standard InChI is InChI=1S/C14H15F3O2/c1-3-19-13(18)6-4-5-11-7-10(2)8-12(9-11)14(15,16)17/h4-5,7-9H,3,6H2,1-2H3. The molecule has 0 N–H and O–H groups in total. The normalized spacial score (nSPS) is 11.8. The number of rotatable bonds is 4. The molecule has 2 nitrogen and oxygen atoms in total. The van der Waals surface area contributed by atoms with Gasteiger partial charge in [-0.1, -0.05) is 18.2 Å². The number of esters is 1. The SMILES string of the molecule is CCOC(=O)CC=Cc1cc(C)cc(C(F)(F)F)c1. The summed E-state index contributed by atoms with van der Waals surface area (Å²) in [7, 11) is 0. The molecule has 0 fully saturated rings. The summed E-state index contributed by atoms with van der Waals surface area (Å²) < 4.78 is 42.5. The summed E-state index contributed by atoms with van der Waals surface area (Å²) in [6.45, 7) is 3.57. The molecule has 0 amide bonds. The quantitative estimate of drug-likeness (QED) is 0.775. The van der Waals surface area contributed by atoms with Crippen molar-refractivity contribution >= 4 is 12.0 Å². The molecule has 0 atom stereocenters. The highest BCUT2D eigenvalue weighted by Crippen LogP contribution is 2.30. The maximum absolute atomic E-state index is 12.6. The highest BCUT2D eigenvalue weighted by atomic mass is 19.4. The van der Waals surface area contributed by atoms with E-state index in [1.165, 1.54) is 12.2 Å². The van der Waals surface area contributed by atoms with E-state index in [1.54, 1.807) is 19.9 Å². The van der Waals surface area contributed by atoms with Gasteiger partial charge in [-0.3, -0.25) is 4.79 Å². The first-order valence-corrected chi connectivity index (χ1v) is 5.84. The van der Waals surface area contributed by atoms with E-state index in [1.807, 2.05) is 0 Å². The Morgan fingerprint density at radius 3 is 2.58 bits per heavy atom. The molecule has 0 aliphatic rings. The van der Waals surface area contributed by atoms with Crippen molar-refractivity contribution in [2.75, 3.05) is 6.61 Å². The van der Waals surface area contributed by atoms with Crippen LogP contribution in [0.25, 0.3) is 6.08 Å². The summed E-state index contributed by atoms with van der Waals surface area (Å²) in [5.41, 5.74) is 0.241. The number of halogens is 3. The molecule has 0 aliphatic carbocycles. The molecule has 0 bridgehead atoms. The minimum atomic E-state index is -4.37. The second-order valence-corrected chi connectivity index (χ2v) is 4.04. The maximum Gasteiger partial charge on any atom is 0.416 e. The molecule has 0 saturated heterocycles. The predicted molar refractivity (Wildman–Crippen MR) is 66.5 cm³/mol. The third-order valence-corrected chi connectivity index (χ3v) is 2.33. The average molecular weight is 272 g/mol. The van der Waals surface area contributed by atoms with E-state index >= 15 is 0 Å². The summed E-state index contributed by atoms with van der Waals surface area (Å²) in [6.07, 6.45) is -1.34. The number of alkyl halides is 3. The molecule has 0 unspecified atom stereocenters. The third-order valence-electron chi connectivity index (χ3n) is 2.33. The highest BCUT2D eigenvalue weighted by molar-refractivity contribution is 5.72. The van der Waals surface area contributed by atoms with Crippen molar-refractivity contribution in [2.24, 2.45) is 0 Å². The fourth-order valence-corrected chi connectivity index (χ4v) is 1.58. The molecule has 19 heavy (non-hydrogen) atoms. The van der Waals surface area contributed by atoms with Gasteiger partial charge in [0, 0.05) is 0 Å². The number of hydrogen-bond donors (Lipinski definition) is 0. The third kappa shape index (κ3) is 5.16. The first-order chi connectivity index (χ1) is 8.82. The van der Waals surface area contributed by atoms with Gasteiger partial charge in [-0.15, -0.1) is 0 Å². The van der Waals surface area contributed by atoms with E-state index in [-0.39, 0.29) is 13.0 Å². The van der Waals surface area contributed by atoms with Crippen LogP contribution >= 0.6 is 0 Å². The van der Waals surface area contributed by atoms with Gasteiger partial charge in [0.25, 0.3) is 0 Å². The van der Waals surface area contributed by atoms with Gasteiger partial charge in [0.05, 0.1) is 18.6 Å². The van der Waals surface area contributed by atoms with Gasteiger partial charge in [-0.05, 0) is 37.1 Å². The van der Waals surface area contributed by atoms with Crippen LogP contribution in [0.15, 0.2) is 24.3 Å². The molecule has 1 aromatic rings. The van der Waals surface area contributed by atoms with Gasteiger partial charge < -0.3 is 4.74 Å². The summed E-state index contributed by atoms with van der Waals surface area (Å²) >= 11 is 0. The molecule has 1 aromatic carbocycles. The van der Waals surface area contributed by atoms with E-state index in [0.717, 1.165) is 12.1 Å². The molecule has 0 heterocycles. The van der Waals surface area contributed by atoms with Crippen LogP contribution in [0.4, 0.5) is 13.2 Å². The first kappa shape index (κ1) is 15.3. The summed E-state index contributed by atoms with van der Waals surface area (Å²) in [6, 6.07) is 3.76. The lowest BCUT2D eigenvalue weighted by Crippen LogP contribution is -2.05. The van der Waals surface area contributed by atoms with Crippen LogP contribution in [0.2, 0.25) is 0 Å². The minimum absolute atomic E-state index is 0.0448. The van der Waals surface area contributed by atoms with Gasteiger partial charge in [0.2, 0.25) is 0 Å².